The van der Waals surface area contributed by atoms with E-state index in [9.17, 15) is 14.7 Å². The summed E-state index contributed by atoms with van der Waals surface area (Å²) in [4.78, 5) is 24.3. The normalized spacial score (nSPS) is 14.0. The molecule has 0 saturated heterocycles. The Morgan fingerprint density at radius 2 is 2.11 bits per heavy atom. The number of carboxylic acid groups (broad SMARTS) is 1. The molecule has 1 rings (SSSR count). The van der Waals surface area contributed by atoms with E-state index >= 15 is 0 Å². The maximum absolute atomic E-state index is 11.9. The second kappa shape index (κ2) is 5.97. The lowest BCUT2D eigenvalue weighted by Crippen LogP contribution is -2.47. The number of amides is 1. The van der Waals surface area contributed by atoms with Crippen molar-refractivity contribution in [3.8, 4) is 0 Å². The van der Waals surface area contributed by atoms with Crippen LogP contribution in [0.5, 0.6) is 0 Å². The van der Waals surface area contributed by atoms with Gasteiger partial charge in [-0.3, -0.25) is 4.79 Å². The summed E-state index contributed by atoms with van der Waals surface area (Å²) < 4.78 is 0. The number of aryl methyl sites for hydroxylation is 2. The van der Waals surface area contributed by atoms with E-state index in [0.717, 1.165) is 16.9 Å². The van der Waals surface area contributed by atoms with Gasteiger partial charge < -0.3 is 15.5 Å². The Hall–Kier alpha value is -1.40. The van der Waals surface area contributed by atoms with Crippen LogP contribution in [0.3, 0.4) is 0 Å². The van der Waals surface area contributed by atoms with Gasteiger partial charge in [0.15, 0.2) is 6.04 Å². The SMILES string of the molecule is CCc1sc(C(=O)NC(C(=O)O)C(C)O)cc1C. The molecular formula is C12H17NO4S. The lowest BCUT2D eigenvalue weighted by Gasteiger charge is -2.16. The average molecular weight is 271 g/mol. The quantitative estimate of drug-likeness (QED) is 0.750. The molecule has 2 unspecified atom stereocenters. The van der Waals surface area contributed by atoms with Gasteiger partial charge in [-0.05, 0) is 31.9 Å². The lowest BCUT2D eigenvalue weighted by molar-refractivity contribution is -0.141. The zero-order valence-corrected chi connectivity index (χ0v) is 11.4. The molecule has 0 spiro atoms. The number of nitrogens with one attached hydrogen (secondary N) is 1. The van der Waals surface area contributed by atoms with Crippen LogP contribution >= 0.6 is 11.3 Å². The van der Waals surface area contributed by atoms with Crippen molar-refractivity contribution >= 4 is 23.2 Å². The van der Waals surface area contributed by atoms with E-state index in [0.29, 0.717) is 4.88 Å². The molecule has 18 heavy (non-hydrogen) atoms. The summed E-state index contributed by atoms with van der Waals surface area (Å²) in [5, 5.41) is 20.5. The van der Waals surface area contributed by atoms with Crippen LogP contribution in [0.4, 0.5) is 0 Å². The van der Waals surface area contributed by atoms with E-state index in [1.54, 1.807) is 6.07 Å². The molecule has 0 aliphatic carbocycles. The number of hydrogen-bond acceptors (Lipinski definition) is 4. The molecule has 1 amide bonds. The zero-order chi connectivity index (χ0) is 13.9. The van der Waals surface area contributed by atoms with E-state index in [1.165, 1.54) is 18.3 Å². The first kappa shape index (κ1) is 14.7. The molecule has 5 nitrogen and oxygen atoms in total. The average Bonchev–Trinajstić information content (AvgIpc) is 2.66. The highest BCUT2D eigenvalue weighted by atomic mass is 32.1. The first-order valence-electron chi connectivity index (χ1n) is 5.67. The summed E-state index contributed by atoms with van der Waals surface area (Å²) in [6, 6.07) is 0.449. The van der Waals surface area contributed by atoms with E-state index in [-0.39, 0.29) is 0 Å². The summed E-state index contributed by atoms with van der Waals surface area (Å²) in [5.74, 6) is -1.71. The first-order chi connectivity index (χ1) is 8.36. The topological polar surface area (TPSA) is 86.6 Å². The maximum Gasteiger partial charge on any atom is 0.328 e. The Bertz CT molecular complexity index is 453. The molecule has 0 fully saturated rings. The Balaban J connectivity index is 2.83. The highest BCUT2D eigenvalue weighted by Crippen LogP contribution is 2.22. The molecule has 0 aliphatic rings. The van der Waals surface area contributed by atoms with Gasteiger partial charge in [0.25, 0.3) is 5.91 Å². The zero-order valence-electron chi connectivity index (χ0n) is 10.6. The Kier molecular flexibility index (Phi) is 4.86. The number of hydrogen-bond donors (Lipinski definition) is 3. The van der Waals surface area contributed by atoms with Gasteiger partial charge in [-0.2, -0.15) is 0 Å². The fourth-order valence-corrected chi connectivity index (χ4v) is 2.60. The van der Waals surface area contributed by atoms with Crippen LogP contribution in [0.25, 0.3) is 0 Å². The second-order valence-electron chi connectivity index (χ2n) is 4.10. The van der Waals surface area contributed by atoms with Crippen LogP contribution in [-0.4, -0.2) is 34.2 Å². The van der Waals surface area contributed by atoms with Crippen molar-refractivity contribution in [2.24, 2.45) is 0 Å². The molecule has 1 aromatic rings. The Morgan fingerprint density at radius 3 is 2.50 bits per heavy atom. The minimum atomic E-state index is -1.29. The molecule has 0 aliphatic heterocycles. The third-order valence-electron chi connectivity index (χ3n) is 2.60. The summed E-state index contributed by atoms with van der Waals surface area (Å²) in [7, 11) is 0. The van der Waals surface area contributed by atoms with Crippen LogP contribution in [0.2, 0.25) is 0 Å². The number of aliphatic hydroxyl groups excluding tert-OH is 1. The molecule has 0 radical (unpaired) electrons. The molecule has 6 heteroatoms. The van der Waals surface area contributed by atoms with Crippen molar-refractivity contribution < 1.29 is 19.8 Å². The van der Waals surface area contributed by atoms with Crippen LogP contribution < -0.4 is 5.32 Å². The summed E-state index contributed by atoms with van der Waals surface area (Å²) >= 11 is 1.35. The predicted octanol–water partition coefficient (Wildman–Crippen LogP) is 1.18. The number of thiophene rings is 1. The van der Waals surface area contributed by atoms with E-state index in [1.807, 2.05) is 13.8 Å². The molecule has 0 aromatic carbocycles. The van der Waals surface area contributed by atoms with Gasteiger partial charge in [-0.15, -0.1) is 11.3 Å². The van der Waals surface area contributed by atoms with Crippen molar-refractivity contribution in [3.05, 3.63) is 21.4 Å². The van der Waals surface area contributed by atoms with Gasteiger partial charge in [-0.25, -0.2) is 4.79 Å². The van der Waals surface area contributed by atoms with E-state index in [2.05, 4.69) is 5.32 Å². The fraction of sp³-hybridized carbons (Fsp3) is 0.500. The molecule has 1 heterocycles. The molecule has 100 valence electrons. The van der Waals surface area contributed by atoms with Gasteiger partial charge in [0.1, 0.15) is 0 Å². The summed E-state index contributed by atoms with van der Waals surface area (Å²) in [6.07, 6.45) is -0.305. The summed E-state index contributed by atoms with van der Waals surface area (Å²) in [5.41, 5.74) is 1.02. The van der Waals surface area contributed by atoms with E-state index in [4.69, 9.17) is 5.11 Å². The number of carbonyl (C=O) groups is 2. The lowest BCUT2D eigenvalue weighted by atomic mass is 10.2. The molecular weight excluding hydrogens is 254 g/mol. The highest BCUT2D eigenvalue weighted by Gasteiger charge is 2.26. The van der Waals surface area contributed by atoms with Gasteiger partial charge in [-0.1, -0.05) is 6.92 Å². The minimum Gasteiger partial charge on any atom is -0.480 e. The molecule has 0 saturated carbocycles. The van der Waals surface area contributed by atoms with Crippen molar-refractivity contribution in [2.75, 3.05) is 0 Å². The fourth-order valence-electron chi connectivity index (χ4n) is 1.58. The predicted molar refractivity (Wildman–Crippen MR) is 69.0 cm³/mol. The minimum absolute atomic E-state index is 0.462. The third-order valence-corrected chi connectivity index (χ3v) is 3.98. The number of carbonyl (C=O) groups excluding carboxylic acids is 1. The monoisotopic (exact) mass is 271 g/mol. The second-order valence-corrected chi connectivity index (χ2v) is 5.24. The van der Waals surface area contributed by atoms with Gasteiger partial charge in [0, 0.05) is 4.88 Å². The number of aliphatic hydroxyl groups is 1. The molecule has 0 bridgehead atoms. The van der Waals surface area contributed by atoms with Crippen molar-refractivity contribution in [1.82, 2.24) is 5.32 Å². The Morgan fingerprint density at radius 1 is 1.50 bits per heavy atom. The van der Waals surface area contributed by atoms with Crippen molar-refractivity contribution in [2.45, 2.75) is 39.3 Å². The van der Waals surface area contributed by atoms with Crippen molar-refractivity contribution in [1.29, 1.82) is 0 Å². The third kappa shape index (κ3) is 3.30. The number of carboxylic acids is 1. The van der Waals surface area contributed by atoms with Crippen LogP contribution in [-0.2, 0) is 11.2 Å². The number of aliphatic carboxylic acids is 1. The first-order valence-corrected chi connectivity index (χ1v) is 6.49. The van der Waals surface area contributed by atoms with Crippen molar-refractivity contribution in [3.63, 3.8) is 0 Å². The summed E-state index contributed by atoms with van der Waals surface area (Å²) in [6.45, 7) is 5.24. The van der Waals surface area contributed by atoms with E-state index < -0.39 is 24.0 Å². The number of rotatable bonds is 5. The standard InChI is InChI=1S/C12H17NO4S/c1-4-8-6(2)5-9(18-8)11(15)13-10(7(3)14)12(16)17/h5,7,10,14H,4H2,1-3H3,(H,13,15)(H,16,17). The Labute approximate surface area is 109 Å². The van der Waals surface area contributed by atoms with Crippen LogP contribution in [0.15, 0.2) is 6.07 Å². The smallest absolute Gasteiger partial charge is 0.328 e. The van der Waals surface area contributed by atoms with Gasteiger partial charge in [0.2, 0.25) is 0 Å². The van der Waals surface area contributed by atoms with Gasteiger partial charge >= 0.3 is 5.97 Å². The van der Waals surface area contributed by atoms with Gasteiger partial charge in [0.05, 0.1) is 11.0 Å². The molecule has 3 N–H and O–H groups in total. The maximum atomic E-state index is 11.9. The van der Waals surface area contributed by atoms with Crippen LogP contribution in [0.1, 0.15) is 34.0 Å². The van der Waals surface area contributed by atoms with Crippen LogP contribution in [0, 0.1) is 6.92 Å². The molecule has 2 atom stereocenters. The largest absolute Gasteiger partial charge is 0.480 e. The highest BCUT2D eigenvalue weighted by molar-refractivity contribution is 7.14. The molecule has 1 aromatic heterocycles.